The van der Waals surface area contributed by atoms with Gasteiger partial charge in [0.25, 0.3) is 0 Å². The minimum absolute atomic E-state index is 0.379. The van der Waals surface area contributed by atoms with Crippen LogP contribution in [-0.2, 0) is 16.2 Å². The molecule has 12 aromatic carbocycles. The first-order valence-electron chi connectivity index (χ1n) is 29.3. The topological polar surface area (TPSA) is 21.7 Å². The zero-order valence-corrected chi connectivity index (χ0v) is 48.2. The van der Waals surface area contributed by atoms with Crippen LogP contribution in [0.2, 0.25) is 0 Å². The van der Waals surface area contributed by atoms with Gasteiger partial charge in [-0.3, -0.25) is 0 Å². The summed E-state index contributed by atoms with van der Waals surface area (Å²) in [6, 6.07) is 82.5. The molecule has 0 heterocycles. The summed E-state index contributed by atoms with van der Waals surface area (Å²) in [7, 11) is 0. The average molecular weight is 1150 g/mol. The van der Waals surface area contributed by atoms with Crippen molar-refractivity contribution >= 4 is 29.2 Å². The number of rotatable bonds is 13. The predicted molar refractivity (Wildman–Crippen MR) is 346 cm³/mol. The van der Waals surface area contributed by atoms with E-state index < -0.39 is 34.1 Å². The highest BCUT2D eigenvalue weighted by atomic mass is 19.1. The van der Waals surface area contributed by atoms with Crippen LogP contribution in [0.1, 0.15) is 80.6 Å². The smallest absolute Gasteiger partial charge is 0.127 e. The third-order valence-electron chi connectivity index (χ3n) is 18.3. The second-order valence-corrected chi connectivity index (χ2v) is 23.4. The van der Waals surface area contributed by atoms with Crippen molar-refractivity contribution in [2.75, 3.05) is 4.90 Å². The van der Waals surface area contributed by atoms with Gasteiger partial charge in [-0.25, -0.2) is 17.6 Å². The van der Waals surface area contributed by atoms with Gasteiger partial charge in [-0.15, -0.1) is 0 Å². The third kappa shape index (κ3) is 8.47. The van der Waals surface area contributed by atoms with Crippen molar-refractivity contribution in [1.29, 1.82) is 0 Å². The zero-order valence-electron chi connectivity index (χ0n) is 48.2. The minimum Gasteiger partial charge on any atom is -0.457 e. The van der Waals surface area contributed by atoms with Crippen molar-refractivity contribution < 1.29 is 27.0 Å². The lowest BCUT2D eigenvalue weighted by atomic mass is 9.67. The highest BCUT2D eigenvalue weighted by molar-refractivity contribution is 5.93. The van der Waals surface area contributed by atoms with Gasteiger partial charge in [-0.05, 0) is 209 Å². The summed E-state index contributed by atoms with van der Waals surface area (Å²) in [5.41, 5.74) is 15.4. The Morgan fingerprint density at radius 2 is 0.614 bits per heavy atom. The van der Waals surface area contributed by atoms with Crippen molar-refractivity contribution in [1.82, 2.24) is 0 Å². The van der Waals surface area contributed by atoms with Gasteiger partial charge in [0, 0.05) is 34.6 Å². The van der Waals surface area contributed by atoms with E-state index in [9.17, 15) is 0 Å². The van der Waals surface area contributed by atoms with Crippen LogP contribution < -0.4 is 14.4 Å². The summed E-state index contributed by atoms with van der Waals surface area (Å²) >= 11 is 0. The molecule has 0 fully saturated rings. The average Bonchev–Trinajstić information content (AvgIpc) is 1.54. The summed E-state index contributed by atoms with van der Waals surface area (Å²) in [5.74, 6) is -0.366. The van der Waals surface area contributed by atoms with E-state index in [1.807, 2.05) is 133 Å². The van der Waals surface area contributed by atoms with Crippen molar-refractivity contribution in [2.24, 2.45) is 0 Å². The van der Waals surface area contributed by atoms with Gasteiger partial charge >= 0.3 is 0 Å². The molecule has 15 rings (SSSR count). The van der Waals surface area contributed by atoms with Gasteiger partial charge in [0.05, 0.1) is 10.8 Å². The Kier molecular flexibility index (Phi) is 12.7. The van der Waals surface area contributed by atoms with Crippen LogP contribution in [0.4, 0.5) is 34.6 Å². The molecule has 0 bridgehead atoms. The van der Waals surface area contributed by atoms with Gasteiger partial charge in [0.1, 0.15) is 46.3 Å². The van der Waals surface area contributed by atoms with Crippen LogP contribution in [-0.4, -0.2) is 0 Å². The number of fused-ring (bicyclic) bond motifs is 9. The fourth-order valence-electron chi connectivity index (χ4n) is 14.4. The molecule has 12 aromatic rings. The largest absolute Gasteiger partial charge is 0.457 e. The highest BCUT2D eigenvalue weighted by Crippen LogP contribution is 2.61. The van der Waals surface area contributed by atoms with E-state index in [2.05, 4.69) is 123 Å². The van der Waals surface area contributed by atoms with Gasteiger partial charge in [0.2, 0.25) is 0 Å². The molecular formula is C81H55F4NO2. The Bertz CT molecular complexity index is 4510. The molecule has 88 heavy (non-hydrogen) atoms. The number of hydrogen-bond acceptors (Lipinski definition) is 3. The quantitative estimate of drug-likeness (QED) is 0.107. The Morgan fingerprint density at radius 1 is 0.307 bits per heavy atom. The molecule has 0 radical (unpaired) electrons. The summed E-state index contributed by atoms with van der Waals surface area (Å²) < 4.78 is 77.4. The molecule has 0 saturated carbocycles. The van der Waals surface area contributed by atoms with Crippen molar-refractivity contribution in [3.8, 4) is 56.4 Å². The highest BCUT2D eigenvalue weighted by Gasteiger charge is 2.49. The molecule has 2 unspecified atom stereocenters. The Morgan fingerprint density at radius 3 is 0.989 bits per heavy atom. The maximum Gasteiger partial charge on any atom is 0.127 e. The van der Waals surface area contributed by atoms with Crippen LogP contribution in [0.3, 0.4) is 0 Å². The minimum atomic E-state index is -1.26. The summed E-state index contributed by atoms with van der Waals surface area (Å²) in [6.45, 7) is 12.3. The van der Waals surface area contributed by atoms with E-state index in [-0.39, 0.29) is 5.41 Å². The number of halogens is 4. The molecule has 0 N–H and O–H groups in total. The van der Waals surface area contributed by atoms with E-state index >= 15 is 17.6 Å². The van der Waals surface area contributed by atoms with E-state index in [0.717, 1.165) is 107 Å². The van der Waals surface area contributed by atoms with Crippen LogP contribution in [0.5, 0.6) is 23.0 Å². The molecule has 3 aliphatic carbocycles. The molecule has 3 aliphatic rings. The number of anilines is 3. The number of nitrogens with zero attached hydrogens (tertiary/aromatic N) is 1. The standard InChI is InChI=1S/C81H55F4NO2/c1-5-50-19-30-63(31-20-50)87-65-34-23-52(24-35-65)80(54-41-56(82)45-57(83)42-54)74-17-11-8-14-68(74)71-39-28-61(48-77(71)80)86(60-27-38-70-67-13-7-10-16-73(67)79(3,4)76(70)47-60)62-29-40-72-69-15-9-12-18-75(69)81(78(72)49-62,55-43-58(84)46-59(85)44-55)53-25-36-66(37-26-53)88-64-32-21-51(6-2)22-33-64/h5-49H,1-2H2,3-4H3. The lowest BCUT2D eigenvalue weighted by Gasteiger charge is -2.36. The molecule has 424 valence electrons. The van der Waals surface area contributed by atoms with E-state index in [0.29, 0.717) is 34.1 Å². The van der Waals surface area contributed by atoms with Crippen LogP contribution in [0.25, 0.3) is 45.5 Å². The number of hydrogen-bond donors (Lipinski definition) is 0. The second kappa shape index (κ2) is 20.7. The van der Waals surface area contributed by atoms with Crippen molar-refractivity contribution in [3.05, 3.63) is 364 Å². The summed E-state index contributed by atoms with van der Waals surface area (Å²) in [6.07, 6.45) is 3.55. The summed E-state index contributed by atoms with van der Waals surface area (Å²) in [5, 5.41) is 0. The monoisotopic (exact) mass is 1150 g/mol. The van der Waals surface area contributed by atoms with E-state index in [1.165, 1.54) is 35.4 Å². The first-order chi connectivity index (χ1) is 42.8. The van der Waals surface area contributed by atoms with Gasteiger partial charge < -0.3 is 14.4 Å². The van der Waals surface area contributed by atoms with Crippen LogP contribution >= 0.6 is 0 Å². The number of benzene rings is 12. The molecular weight excluding hydrogens is 1090 g/mol. The molecule has 0 amide bonds. The lowest BCUT2D eigenvalue weighted by Crippen LogP contribution is -2.29. The van der Waals surface area contributed by atoms with Crippen LogP contribution in [0.15, 0.2) is 274 Å². The molecule has 0 aromatic heterocycles. The van der Waals surface area contributed by atoms with Gasteiger partial charge in [-0.2, -0.15) is 0 Å². The zero-order chi connectivity index (χ0) is 60.1. The Hall–Kier alpha value is -10.8. The van der Waals surface area contributed by atoms with Crippen molar-refractivity contribution in [3.63, 3.8) is 0 Å². The third-order valence-corrected chi connectivity index (χ3v) is 18.3. The SMILES string of the molecule is C=Cc1ccc(Oc2ccc(C3(c4cc(F)cc(F)c4)c4ccccc4-c4ccc(N(c5ccc6c(c5)C(C)(C)c5ccccc5-6)c5ccc6c(c5)C(c5ccc(Oc7ccc(C=C)cc7)cc5)(c5cc(F)cc(F)c5)c5ccccc5-6)cc43)cc2)cc1. The van der Waals surface area contributed by atoms with Crippen LogP contribution in [0, 0.1) is 23.3 Å². The Labute approximate surface area is 509 Å². The fourth-order valence-corrected chi connectivity index (χ4v) is 14.4. The summed E-state index contributed by atoms with van der Waals surface area (Å²) in [4.78, 5) is 2.24. The first kappa shape index (κ1) is 53.9. The maximum absolute atomic E-state index is 16.2. The van der Waals surface area contributed by atoms with Gasteiger partial charge in [-0.1, -0.05) is 179 Å². The lowest BCUT2D eigenvalue weighted by molar-refractivity contribution is 0.482. The Balaban J connectivity index is 0.964. The van der Waals surface area contributed by atoms with Crippen molar-refractivity contribution in [2.45, 2.75) is 30.1 Å². The number of ether oxygens (including phenoxy) is 2. The van der Waals surface area contributed by atoms with E-state index in [4.69, 9.17) is 9.47 Å². The van der Waals surface area contributed by atoms with E-state index in [1.54, 1.807) is 12.2 Å². The molecule has 0 aliphatic heterocycles. The fraction of sp³-hybridized carbons (Fsp3) is 0.0617. The molecule has 0 spiro atoms. The normalized spacial score (nSPS) is 16.1. The first-order valence-corrected chi connectivity index (χ1v) is 29.3. The molecule has 7 heteroatoms. The molecule has 0 saturated heterocycles. The predicted octanol–water partition coefficient (Wildman–Crippen LogP) is 21.6. The second-order valence-electron chi connectivity index (χ2n) is 23.4. The molecule has 2 atom stereocenters. The molecule has 3 nitrogen and oxygen atoms in total. The maximum atomic E-state index is 16.2. The van der Waals surface area contributed by atoms with Gasteiger partial charge in [0.15, 0.2) is 0 Å².